The van der Waals surface area contributed by atoms with Gasteiger partial charge >= 0.3 is 0 Å². The van der Waals surface area contributed by atoms with Gasteiger partial charge in [-0.05, 0) is 56.0 Å². The van der Waals surface area contributed by atoms with Crippen LogP contribution in [0.1, 0.15) is 24.0 Å². The van der Waals surface area contributed by atoms with Crippen LogP contribution in [-0.2, 0) is 4.79 Å². The predicted molar refractivity (Wildman–Crippen MR) is 109 cm³/mol. The number of hydrogen-bond donors (Lipinski definition) is 1. The molecule has 1 saturated heterocycles. The van der Waals surface area contributed by atoms with Crippen molar-refractivity contribution in [2.75, 3.05) is 23.3 Å². The number of aryl methyl sites for hydroxylation is 1. The minimum Gasteiger partial charge on any atom is -0.347 e. The third-order valence-electron chi connectivity index (χ3n) is 5.21. The molecule has 1 amide bonds. The fourth-order valence-electron chi connectivity index (χ4n) is 3.48. The summed E-state index contributed by atoms with van der Waals surface area (Å²) in [5.41, 5.74) is 4.30. The molecular formula is C21H23N3OS. The van der Waals surface area contributed by atoms with Crippen molar-refractivity contribution in [1.29, 1.82) is 0 Å². The van der Waals surface area contributed by atoms with Gasteiger partial charge in [0.15, 0.2) is 5.13 Å². The number of fused-ring (bicyclic) bond motifs is 1. The number of nitrogens with zero attached hydrogens (tertiary/aromatic N) is 2. The quantitative estimate of drug-likeness (QED) is 0.727. The zero-order chi connectivity index (χ0) is 18.1. The molecule has 5 heteroatoms. The topological polar surface area (TPSA) is 45.2 Å². The van der Waals surface area contributed by atoms with Gasteiger partial charge in [0.1, 0.15) is 0 Å². The highest BCUT2D eigenvalue weighted by atomic mass is 32.1. The maximum atomic E-state index is 12.8. The van der Waals surface area contributed by atoms with Crippen LogP contribution in [0.3, 0.4) is 0 Å². The Hall–Kier alpha value is -2.40. The Kier molecular flexibility index (Phi) is 4.64. The molecule has 4 rings (SSSR count). The van der Waals surface area contributed by atoms with E-state index < -0.39 is 0 Å². The van der Waals surface area contributed by atoms with Gasteiger partial charge in [-0.1, -0.05) is 35.6 Å². The van der Waals surface area contributed by atoms with Crippen LogP contribution in [0.15, 0.2) is 42.5 Å². The van der Waals surface area contributed by atoms with E-state index in [0.717, 1.165) is 47.8 Å². The molecule has 2 heterocycles. The molecule has 1 aromatic heterocycles. The Bertz CT molecular complexity index is 916. The number of nitrogens with one attached hydrogen (secondary N) is 1. The highest BCUT2D eigenvalue weighted by Gasteiger charge is 2.27. The molecule has 1 fully saturated rings. The van der Waals surface area contributed by atoms with Gasteiger partial charge in [0, 0.05) is 18.8 Å². The van der Waals surface area contributed by atoms with Crippen LogP contribution in [0.5, 0.6) is 0 Å². The first-order chi connectivity index (χ1) is 12.6. The third kappa shape index (κ3) is 3.31. The number of amides is 1. The molecule has 0 radical (unpaired) electrons. The summed E-state index contributed by atoms with van der Waals surface area (Å²) >= 11 is 1.71. The minimum absolute atomic E-state index is 0.00401. The third-order valence-corrected chi connectivity index (χ3v) is 6.30. The molecule has 134 valence electrons. The molecule has 3 aromatic rings. The lowest BCUT2D eigenvalue weighted by Gasteiger charge is -2.31. The van der Waals surface area contributed by atoms with Gasteiger partial charge in [-0.3, -0.25) is 4.79 Å². The molecule has 0 spiro atoms. The first-order valence-electron chi connectivity index (χ1n) is 9.09. The largest absolute Gasteiger partial charge is 0.347 e. The number of thiazole rings is 1. The Balaban J connectivity index is 1.49. The average Bonchev–Trinajstić information content (AvgIpc) is 3.10. The maximum Gasteiger partial charge on any atom is 0.229 e. The lowest BCUT2D eigenvalue weighted by Crippen LogP contribution is -2.40. The van der Waals surface area contributed by atoms with Gasteiger partial charge in [0.25, 0.3) is 0 Å². The average molecular weight is 366 g/mol. The summed E-state index contributed by atoms with van der Waals surface area (Å²) in [4.78, 5) is 19.8. The van der Waals surface area contributed by atoms with E-state index in [1.807, 2.05) is 30.3 Å². The van der Waals surface area contributed by atoms with Gasteiger partial charge < -0.3 is 10.2 Å². The minimum atomic E-state index is -0.00401. The van der Waals surface area contributed by atoms with Crippen molar-refractivity contribution in [2.24, 2.45) is 5.92 Å². The Morgan fingerprint density at radius 3 is 2.88 bits per heavy atom. The van der Waals surface area contributed by atoms with Crippen molar-refractivity contribution < 1.29 is 4.79 Å². The van der Waals surface area contributed by atoms with E-state index in [-0.39, 0.29) is 11.8 Å². The molecule has 2 aromatic carbocycles. The van der Waals surface area contributed by atoms with Gasteiger partial charge in [0.05, 0.1) is 16.1 Å². The van der Waals surface area contributed by atoms with Gasteiger partial charge in [-0.25, -0.2) is 4.98 Å². The summed E-state index contributed by atoms with van der Waals surface area (Å²) in [5, 5.41) is 4.16. The van der Waals surface area contributed by atoms with E-state index in [1.165, 1.54) is 10.3 Å². The Labute approximate surface area is 157 Å². The summed E-state index contributed by atoms with van der Waals surface area (Å²) in [6.45, 7) is 5.82. The number of para-hydroxylation sites is 1. The second kappa shape index (κ2) is 7.08. The van der Waals surface area contributed by atoms with E-state index in [1.54, 1.807) is 11.3 Å². The maximum absolute atomic E-state index is 12.8. The SMILES string of the molecule is Cc1cccc(NC(=O)[C@@H]2CCCN(c3nc4ccccc4s3)C2)c1C. The fraction of sp³-hybridized carbons (Fsp3) is 0.333. The molecule has 0 bridgehead atoms. The summed E-state index contributed by atoms with van der Waals surface area (Å²) < 4.78 is 1.20. The van der Waals surface area contributed by atoms with Crippen LogP contribution in [0.2, 0.25) is 0 Å². The summed E-state index contributed by atoms with van der Waals surface area (Å²) in [6.07, 6.45) is 1.94. The smallest absolute Gasteiger partial charge is 0.229 e. The number of piperidine rings is 1. The highest BCUT2D eigenvalue weighted by molar-refractivity contribution is 7.22. The molecule has 4 nitrogen and oxygen atoms in total. The highest BCUT2D eigenvalue weighted by Crippen LogP contribution is 2.32. The van der Waals surface area contributed by atoms with Crippen molar-refractivity contribution in [3.8, 4) is 0 Å². The van der Waals surface area contributed by atoms with Crippen LogP contribution in [0.25, 0.3) is 10.2 Å². The summed E-state index contributed by atoms with van der Waals surface area (Å²) in [6, 6.07) is 14.2. The van der Waals surface area contributed by atoms with Crippen LogP contribution in [0, 0.1) is 19.8 Å². The molecule has 1 aliphatic rings. The molecule has 1 atom stereocenters. The first kappa shape index (κ1) is 17.0. The van der Waals surface area contributed by atoms with Crippen LogP contribution in [-0.4, -0.2) is 24.0 Å². The van der Waals surface area contributed by atoms with E-state index in [0.29, 0.717) is 0 Å². The zero-order valence-corrected chi connectivity index (χ0v) is 16.0. The standard InChI is InChI=1S/C21H23N3OS/c1-14-7-5-10-17(15(14)2)22-20(25)16-8-6-12-24(13-16)21-23-18-9-3-4-11-19(18)26-21/h3-5,7,9-11,16H,6,8,12-13H2,1-2H3,(H,22,25)/t16-/m1/s1. The van der Waals surface area contributed by atoms with E-state index in [9.17, 15) is 4.79 Å². The number of carbonyl (C=O) groups excluding carboxylic acids is 1. The normalized spacial score (nSPS) is 17.5. The lowest BCUT2D eigenvalue weighted by molar-refractivity contribution is -0.120. The van der Waals surface area contributed by atoms with E-state index in [4.69, 9.17) is 4.98 Å². The number of benzene rings is 2. The van der Waals surface area contributed by atoms with Crippen molar-refractivity contribution in [3.63, 3.8) is 0 Å². The second-order valence-corrected chi connectivity index (χ2v) is 8.00. The number of hydrogen-bond acceptors (Lipinski definition) is 4. The monoisotopic (exact) mass is 365 g/mol. The molecule has 26 heavy (non-hydrogen) atoms. The van der Waals surface area contributed by atoms with Crippen LogP contribution >= 0.6 is 11.3 Å². The van der Waals surface area contributed by atoms with Crippen molar-refractivity contribution in [1.82, 2.24) is 4.98 Å². The molecule has 0 unspecified atom stereocenters. The fourth-order valence-corrected chi connectivity index (χ4v) is 4.48. The molecule has 1 N–H and O–H groups in total. The number of anilines is 2. The van der Waals surface area contributed by atoms with Crippen LogP contribution in [0.4, 0.5) is 10.8 Å². The van der Waals surface area contributed by atoms with E-state index >= 15 is 0 Å². The number of rotatable bonds is 3. The van der Waals surface area contributed by atoms with Gasteiger partial charge in [0.2, 0.25) is 5.91 Å². The number of aromatic nitrogens is 1. The number of carbonyl (C=O) groups is 1. The Morgan fingerprint density at radius 2 is 2.04 bits per heavy atom. The van der Waals surface area contributed by atoms with Crippen LogP contribution < -0.4 is 10.2 Å². The zero-order valence-electron chi connectivity index (χ0n) is 15.2. The molecule has 0 aliphatic carbocycles. The van der Waals surface area contributed by atoms with E-state index in [2.05, 4.69) is 36.2 Å². The summed E-state index contributed by atoms with van der Waals surface area (Å²) in [5.74, 6) is 0.111. The Morgan fingerprint density at radius 1 is 1.19 bits per heavy atom. The van der Waals surface area contributed by atoms with Crippen molar-refractivity contribution >= 4 is 38.3 Å². The molecule has 0 saturated carbocycles. The molecule has 1 aliphatic heterocycles. The lowest BCUT2D eigenvalue weighted by atomic mass is 9.97. The van der Waals surface area contributed by atoms with Crippen molar-refractivity contribution in [2.45, 2.75) is 26.7 Å². The predicted octanol–water partition coefficient (Wildman–Crippen LogP) is 4.77. The molecular weight excluding hydrogens is 342 g/mol. The first-order valence-corrected chi connectivity index (χ1v) is 9.91. The van der Waals surface area contributed by atoms with Gasteiger partial charge in [-0.2, -0.15) is 0 Å². The second-order valence-electron chi connectivity index (χ2n) is 6.99. The van der Waals surface area contributed by atoms with Crippen molar-refractivity contribution in [3.05, 3.63) is 53.6 Å². The summed E-state index contributed by atoms with van der Waals surface area (Å²) in [7, 11) is 0. The van der Waals surface area contributed by atoms with Gasteiger partial charge in [-0.15, -0.1) is 0 Å².